The van der Waals surface area contributed by atoms with Crippen LogP contribution in [0.5, 0.6) is 5.75 Å². The quantitative estimate of drug-likeness (QED) is 0.707. The summed E-state index contributed by atoms with van der Waals surface area (Å²) in [7, 11) is 3.53. The first-order chi connectivity index (χ1) is 16.1. The van der Waals surface area contributed by atoms with Gasteiger partial charge in [0.15, 0.2) is 5.82 Å². The van der Waals surface area contributed by atoms with Gasteiger partial charge in [-0.1, -0.05) is 0 Å². The van der Waals surface area contributed by atoms with E-state index < -0.39 is 17.8 Å². The highest BCUT2D eigenvalue weighted by Crippen LogP contribution is 2.41. The normalized spacial score (nSPS) is 28.3. The number of piperidine rings is 2. The van der Waals surface area contributed by atoms with Crippen LogP contribution in [0.3, 0.4) is 0 Å². The van der Waals surface area contributed by atoms with Crippen molar-refractivity contribution < 1.29 is 23.1 Å². The molecule has 4 heterocycles. The molecule has 3 aliphatic heterocycles. The maximum absolute atomic E-state index is 15.0. The van der Waals surface area contributed by atoms with Crippen LogP contribution in [0.25, 0.3) is 11.3 Å². The Hall–Kier alpha value is -2.88. The summed E-state index contributed by atoms with van der Waals surface area (Å²) in [4.78, 5) is 15.5. The Balaban J connectivity index is 1.32. The number of phenols is 1. The first-order valence-corrected chi connectivity index (χ1v) is 11.6. The highest BCUT2D eigenvalue weighted by Gasteiger charge is 2.53. The number of fused-ring (bicyclic) bond motifs is 2. The van der Waals surface area contributed by atoms with Crippen molar-refractivity contribution >= 4 is 11.7 Å². The van der Waals surface area contributed by atoms with E-state index in [0.717, 1.165) is 0 Å². The van der Waals surface area contributed by atoms with Crippen LogP contribution in [0.4, 0.5) is 19.0 Å². The minimum Gasteiger partial charge on any atom is -0.507 e. The molecule has 2 N–H and O–H groups in total. The first kappa shape index (κ1) is 22.9. The fourth-order valence-electron chi connectivity index (χ4n) is 5.49. The van der Waals surface area contributed by atoms with Gasteiger partial charge in [0.05, 0.1) is 11.7 Å². The van der Waals surface area contributed by atoms with Crippen LogP contribution >= 0.6 is 0 Å². The van der Waals surface area contributed by atoms with Gasteiger partial charge in [-0.15, -0.1) is 10.2 Å². The van der Waals surface area contributed by atoms with Gasteiger partial charge in [0, 0.05) is 51.1 Å². The standard InChI is InChI=1S/C24H28F3N5O2/c1-31-6-5-13(7-23(31)34)16-11-20(33)17(10-18(16)25)19-3-4-22(30-29-19)32(2)15-8-14-12-24(26,27)21(9-15)28-14/h3-4,10-11,13-15,21,28,33H,5-9,12H2,1-2H3/t13-,14+,15-,21-/m0/s1. The molecule has 4 atom stereocenters. The van der Waals surface area contributed by atoms with E-state index in [1.807, 2.05) is 11.9 Å². The molecule has 182 valence electrons. The number of hydrogen-bond donors (Lipinski definition) is 2. The van der Waals surface area contributed by atoms with E-state index in [1.54, 1.807) is 24.1 Å². The number of nitrogens with one attached hydrogen (secondary N) is 1. The first-order valence-electron chi connectivity index (χ1n) is 11.6. The van der Waals surface area contributed by atoms with E-state index in [9.17, 15) is 23.1 Å². The zero-order valence-electron chi connectivity index (χ0n) is 19.1. The molecule has 1 amide bonds. The van der Waals surface area contributed by atoms with Crippen LogP contribution < -0.4 is 10.2 Å². The van der Waals surface area contributed by atoms with Crippen LogP contribution in [0.2, 0.25) is 0 Å². The molecule has 10 heteroatoms. The number of carbonyl (C=O) groups is 1. The number of amides is 1. The fourth-order valence-corrected chi connectivity index (χ4v) is 5.49. The molecule has 2 bridgehead atoms. The van der Waals surface area contributed by atoms with E-state index in [4.69, 9.17) is 0 Å². The molecule has 0 radical (unpaired) electrons. The molecule has 3 fully saturated rings. The van der Waals surface area contributed by atoms with Gasteiger partial charge in [-0.25, -0.2) is 13.2 Å². The summed E-state index contributed by atoms with van der Waals surface area (Å²) < 4.78 is 43.1. The Morgan fingerprint density at radius 2 is 2.03 bits per heavy atom. The molecule has 7 nitrogen and oxygen atoms in total. The monoisotopic (exact) mass is 475 g/mol. The zero-order chi connectivity index (χ0) is 24.2. The van der Waals surface area contributed by atoms with Crippen molar-refractivity contribution in [3.63, 3.8) is 0 Å². The van der Waals surface area contributed by atoms with Crippen LogP contribution in [0.1, 0.15) is 43.6 Å². The lowest BCUT2D eigenvalue weighted by molar-refractivity contribution is -0.132. The predicted octanol–water partition coefficient (Wildman–Crippen LogP) is 3.29. The third-order valence-corrected chi connectivity index (χ3v) is 7.58. The maximum Gasteiger partial charge on any atom is 0.264 e. The van der Waals surface area contributed by atoms with Crippen molar-refractivity contribution in [2.24, 2.45) is 0 Å². The summed E-state index contributed by atoms with van der Waals surface area (Å²) in [5.74, 6) is -3.11. The summed E-state index contributed by atoms with van der Waals surface area (Å²) >= 11 is 0. The van der Waals surface area contributed by atoms with Crippen molar-refractivity contribution in [1.29, 1.82) is 0 Å². The van der Waals surface area contributed by atoms with E-state index in [2.05, 4.69) is 15.5 Å². The number of likely N-dealkylation sites (tertiary alicyclic amines) is 1. The lowest BCUT2D eigenvalue weighted by Gasteiger charge is -2.36. The van der Waals surface area contributed by atoms with Crippen molar-refractivity contribution in [2.45, 2.75) is 62.1 Å². The van der Waals surface area contributed by atoms with Gasteiger partial charge in [0.1, 0.15) is 11.6 Å². The molecule has 3 saturated heterocycles. The number of benzene rings is 1. The number of anilines is 1. The average molecular weight is 476 g/mol. The van der Waals surface area contributed by atoms with E-state index in [1.165, 1.54) is 12.1 Å². The lowest BCUT2D eigenvalue weighted by atomic mass is 9.87. The Labute approximate surface area is 196 Å². The Morgan fingerprint density at radius 3 is 2.71 bits per heavy atom. The van der Waals surface area contributed by atoms with Gasteiger partial charge in [-0.2, -0.15) is 0 Å². The second kappa shape index (κ2) is 8.41. The van der Waals surface area contributed by atoms with E-state index in [-0.39, 0.29) is 48.1 Å². The molecule has 5 rings (SSSR count). The Bertz CT molecular complexity index is 1100. The number of phenolic OH excluding ortho intramolecular Hbond substituents is 1. The summed E-state index contributed by atoms with van der Waals surface area (Å²) in [6.45, 7) is 0.544. The molecule has 0 unspecified atom stereocenters. The number of nitrogens with zero attached hydrogens (tertiary/aromatic N) is 4. The number of halogens is 3. The number of aromatic nitrogens is 2. The smallest absolute Gasteiger partial charge is 0.264 e. The average Bonchev–Trinajstić information content (AvgIpc) is 3.02. The van der Waals surface area contributed by atoms with Crippen LogP contribution in [0, 0.1) is 5.82 Å². The maximum atomic E-state index is 15.0. The van der Waals surface area contributed by atoms with Crippen molar-refractivity contribution in [2.75, 3.05) is 25.5 Å². The Morgan fingerprint density at radius 1 is 1.24 bits per heavy atom. The highest BCUT2D eigenvalue weighted by atomic mass is 19.3. The van der Waals surface area contributed by atoms with Gasteiger partial charge in [-0.05, 0) is 55.0 Å². The van der Waals surface area contributed by atoms with Crippen molar-refractivity contribution in [3.05, 3.63) is 35.6 Å². The largest absolute Gasteiger partial charge is 0.507 e. The minimum absolute atomic E-state index is 0.0461. The van der Waals surface area contributed by atoms with Gasteiger partial charge >= 0.3 is 0 Å². The van der Waals surface area contributed by atoms with Crippen molar-refractivity contribution in [1.82, 2.24) is 20.4 Å². The molecule has 0 aliphatic carbocycles. The van der Waals surface area contributed by atoms with Crippen LogP contribution in [-0.4, -0.2) is 70.8 Å². The third-order valence-electron chi connectivity index (χ3n) is 7.58. The highest BCUT2D eigenvalue weighted by molar-refractivity contribution is 5.78. The molecular formula is C24H28F3N5O2. The molecule has 1 aromatic heterocycles. The minimum atomic E-state index is -2.69. The molecular weight excluding hydrogens is 447 g/mol. The van der Waals surface area contributed by atoms with Gasteiger partial charge in [0.2, 0.25) is 5.91 Å². The van der Waals surface area contributed by atoms with Crippen LogP contribution in [0.15, 0.2) is 24.3 Å². The SMILES string of the molecule is CN1CC[C@H](c2cc(O)c(-c3ccc(N(C)[C@H]4C[C@@H]5CC(F)(F)[C@H](C4)N5)nn3)cc2F)CC1=O. The van der Waals surface area contributed by atoms with Gasteiger partial charge in [0.25, 0.3) is 5.92 Å². The Kier molecular flexibility index (Phi) is 5.66. The van der Waals surface area contributed by atoms with Gasteiger partial charge in [-0.3, -0.25) is 4.79 Å². The van der Waals surface area contributed by atoms with E-state index in [0.29, 0.717) is 42.9 Å². The lowest BCUT2D eigenvalue weighted by Crippen LogP contribution is -2.49. The topological polar surface area (TPSA) is 81.6 Å². The number of carbonyl (C=O) groups excluding carboxylic acids is 1. The summed E-state index contributed by atoms with van der Waals surface area (Å²) in [6.07, 6.45) is 1.61. The molecule has 0 spiro atoms. The molecule has 3 aliphatic rings. The molecule has 1 aromatic carbocycles. The van der Waals surface area contributed by atoms with E-state index >= 15 is 0 Å². The van der Waals surface area contributed by atoms with Crippen molar-refractivity contribution in [3.8, 4) is 17.0 Å². The predicted molar refractivity (Wildman–Crippen MR) is 120 cm³/mol. The summed E-state index contributed by atoms with van der Waals surface area (Å²) in [6, 6.07) is 4.80. The summed E-state index contributed by atoms with van der Waals surface area (Å²) in [5.41, 5.74) is 0.836. The second-order valence-electron chi connectivity index (χ2n) is 9.79. The number of aromatic hydroxyl groups is 1. The number of hydrogen-bond acceptors (Lipinski definition) is 6. The van der Waals surface area contributed by atoms with Gasteiger partial charge < -0.3 is 20.2 Å². The molecule has 0 saturated carbocycles. The molecule has 2 aromatic rings. The molecule has 34 heavy (non-hydrogen) atoms. The second-order valence-corrected chi connectivity index (χ2v) is 9.79. The third kappa shape index (κ3) is 4.08. The number of alkyl halides is 2. The van der Waals surface area contributed by atoms with Crippen LogP contribution in [-0.2, 0) is 4.79 Å². The summed E-state index contributed by atoms with van der Waals surface area (Å²) in [5, 5.41) is 22.0. The zero-order valence-corrected chi connectivity index (χ0v) is 19.1. The number of rotatable bonds is 4. The fraction of sp³-hybridized carbons (Fsp3) is 0.542.